The van der Waals surface area contributed by atoms with Gasteiger partial charge in [0.25, 0.3) is 0 Å². The molecular weight excluding hydrogens is 277 g/mol. The van der Waals surface area contributed by atoms with Crippen molar-refractivity contribution in [3.63, 3.8) is 0 Å². The van der Waals surface area contributed by atoms with Crippen LogP contribution in [0.15, 0.2) is 23.4 Å². The maximum Gasteiger partial charge on any atom is 0.341 e. The average molecular weight is 293 g/mol. The second-order valence-electron chi connectivity index (χ2n) is 5.20. The van der Waals surface area contributed by atoms with Crippen molar-refractivity contribution in [2.75, 3.05) is 14.2 Å². The number of fused-ring (bicyclic) bond motifs is 1. The Morgan fingerprint density at radius 2 is 2.19 bits per heavy atom. The predicted molar refractivity (Wildman–Crippen MR) is 73.4 cm³/mol. The molecule has 5 nitrogen and oxygen atoms in total. The lowest BCUT2D eigenvalue weighted by atomic mass is 9.93. The summed E-state index contributed by atoms with van der Waals surface area (Å²) >= 11 is 0. The molecule has 3 rings (SSSR count). The van der Waals surface area contributed by atoms with Crippen molar-refractivity contribution < 1.29 is 23.5 Å². The Balaban J connectivity index is 1.95. The van der Waals surface area contributed by atoms with E-state index in [-0.39, 0.29) is 12.0 Å². The summed E-state index contributed by atoms with van der Waals surface area (Å²) in [6.45, 7) is 0. The number of rotatable bonds is 3. The molecule has 1 aromatic rings. The highest BCUT2D eigenvalue weighted by molar-refractivity contribution is 6.05. The monoisotopic (exact) mass is 293 g/mol. The highest BCUT2D eigenvalue weighted by atomic mass is 19.1. The Bertz CT molecular complexity index is 601. The van der Waals surface area contributed by atoms with Crippen LogP contribution in [-0.2, 0) is 9.57 Å². The van der Waals surface area contributed by atoms with Crippen molar-refractivity contribution in [2.24, 2.45) is 11.1 Å². The van der Waals surface area contributed by atoms with Gasteiger partial charge in [-0.3, -0.25) is 0 Å². The molecule has 0 saturated heterocycles. The molecule has 112 valence electrons. The van der Waals surface area contributed by atoms with E-state index < -0.39 is 12.1 Å². The zero-order chi connectivity index (χ0) is 15.0. The summed E-state index contributed by atoms with van der Waals surface area (Å²) in [6.07, 6.45) is -0.275. The average Bonchev–Trinajstić information content (AvgIpc) is 3.04. The van der Waals surface area contributed by atoms with Gasteiger partial charge in [0.2, 0.25) is 0 Å². The molecule has 3 unspecified atom stereocenters. The summed E-state index contributed by atoms with van der Waals surface area (Å²) in [5, 5.41) is 4.06. The first-order chi connectivity index (χ1) is 10.1. The van der Waals surface area contributed by atoms with Gasteiger partial charge >= 0.3 is 5.97 Å². The molecule has 1 fully saturated rings. The standard InChI is InChI=1S/C15H16FNO4/c1-19-12-4-3-8(5-11(12)15(18)20-2)14-10-6-9(16)7-13(10)21-17-14/h3-5,9-10,13H,6-7H2,1-2H3. The zero-order valence-electron chi connectivity index (χ0n) is 11.8. The number of hydrogen-bond donors (Lipinski definition) is 0. The summed E-state index contributed by atoms with van der Waals surface area (Å²) in [7, 11) is 2.80. The number of carbonyl (C=O) groups is 1. The highest BCUT2D eigenvalue weighted by Gasteiger charge is 2.43. The number of hydrogen-bond acceptors (Lipinski definition) is 5. The fraction of sp³-hybridized carbons (Fsp3) is 0.467. The normalized spacial score (nSPS) is 26.8. The third-order valence-electron chi connectivity index (χ3n) is 3.98. The third-order valence-corrected chi connectivity index (χ3v) is 3.98. The molecule has 0 radical (unpaired) electrons. The van der Waals surface area contributed by atoms with Crippen molar-refractivity contribution in [3.05, 3.63) is 29.3 Å². The number of ether oxygens (including phenoxy) is 2. The van der Waals surface area contributed by atoms with Gasteiger partial charge in [0, 0.05) is 17.9 Å². The molecule has 1 aromatic carbocycles. The Hall–Kier alpha value is -2.11. The molecule has 1 saturated carbocycles. The van der Waals surface area contributed by atoms with E-state index in [2.05, 4.69) is 5.16 Å². The molecule has 0 spiro atoms. The lowest BCUT2D eigenvalue weighted by molar-refractivity contribution is 0.0597. The lowest BCUT2D eigenvalue weighted by Crippen LogP contribution is -2.18. The first kappa shape index (κ1) is 13.9. The van der Waals surface area contributed by atoms with Crippen molar-refractivity contribution in [3.8, 4) is 5.75 Å². The van der Waals surface area contributed by atoms with E-state index in [9.17, 15) is 9.18 Å². The molecule has 0 N–H and O–H groups in total. The number of carbonyl (C=O) groups excluding carboxylic acids is 1. The number of alkyl halides is 1. The fourth-order valence-electron chi connectivity index (χ4n) is 2.94. The van der Waals surface area contributed by atoms with Gasteiger partial charge in [0.15, 0.2) is 0 Å². The Morgan fingerprint density at radius 3 is 2.90 bits per heavy atom. The molecule has 0 amide bonds. The van der Waals surface area contributed by atoms with Gasteiger partial charge in [0.1, 0.15) is 23.6 Å². The van der Waals surface area contributed by atoms with Crippen LogP contribution in [-0.4, -0.2) is 38.2 Å². The van der Waals surface area contributed by atoms with Crippen LogP contribution in [0.2, 0.25) is 0 Å². The minimum absolute atomic E-state index is 0.0566. The summed E-state index contributed by atoms with van der Waals surface area (Å²) in [6, 6.07) is 5.13. The largest absolute Gasteiger partial charge is 0.496 e. The topological polar surface area (TPSA) is 57.1 Å². The molecule has 21 heavy (non-hydrogen) atoms. The lowest BCUT2D eigenvalue weighted by Gasteiger charge is -2.11. The van der Waals surface area contributed by atoms with E-state index in [1.165, 1.54) is 14.2 Å². The van der Waals surface area contributed by atoms with Crippen molar-refractivity contribution in [1.82, 2.24) is 0 Å². The number of halogens is 1. The quantitative estimate of drug-likeness (QED) is 0.803. The van der Waals surface area contributed by atoms with Crippen LogP contribution in [0.3, 0.4) is 0 Å². The van der Waals surface area contributed by atoms with E-state index >= 15 is 0 Å². The zero-order valence-corrected chi connectivity index (χ0v) is 11.8. The van der Waals surface area contributed by atoms with Gasteiger partial charge in [-0.15, -0.1) is 0 Å². The Labute approximate surface area is 121 Å². The van der Waals surface area contributed by atoms with E-state index in [1.54, 1.807) is 18.2 Å². The Morgan fingerprint density at radius 1 is 1.38 bits per heavy atom. The van der Waals surface area contributed by atoms with Crippen LogP contribution < -0.4 is 4.74 Å². The molecule has 3 atom stereocenters. The van der Waals surface area contributed by atoms with E-state index in [1.807, 2.05) is 0 Å². The summed E-state index contributed by atoms with van der Waals surface area (Å²) in [5.41, 5.74) is 1.74. The molecule has 2 aliphatic rings. The fourth-order valence-corrected chi connectivity index (χ4v) is 2.94. The smallest absolute Gasteiger partial charge is 0.341 e. The van der Waals surface area contributed by atoms with E-state index in [4.69, 9.17) is 14.3 Å². The summed E-state index contributed by atoms with van der Waals surface area (Å²) in [4.78, 5) is 17.1. The van der Waals surface area contributed by atoms with Crippen molar-refractivity contribution in [1.29, 1.82) is 0 Å². The third kappa shape index (κ3) is 2.34. The van der Waals surface area contributed by atoms with Crippen LogP contribution in [0.25, 0.3) is 0 Å². The highest BCUT2D eigenvalue weighted by Crippen LogP contribution is 2.38. The molecular formula is C15H16FNO4. The maximum atomic E-state index is 13.5. The van der Waals surface area contributed by atoms with Crippen LogP contribution in [0.1, 0.15) is 28.8 Å². The van der Waals surface area contributed by atoms with Crippen LogP contribution in [0, 0.1) is 5.92 Å². The molecule has 1 aliphatic heterocycles. The minimum atomic E-state index is -0.858. The molecule has 0 aromatic heterocycles. The van der Waals surface area contributed by atoms with Gasteiger partial charge < -0.3 is 14.3 Å². The van der Waals surface area contributed by atoms with Gasteiger partial charge in [-0.25, -0.2) is 9.18 Å². The number of esters is 1. The first-order valence-electron chi connectivity index (χ1n) is 6.78. The van der Waals surface area contributed by atoms with E-state index in [0.29, 0.717) is 29.9 Å². The van der Waals surface area contributed by atoms with Crippen molar-refractivity contribution in [2.45, 2.75) is 25.1 Å². The minimum Gasteiger partial charge on any atom is -0.496 e. The van der Waals surface area contributed by atoms with Gasteiger partial charge in [-0.05, 0) is 24.6 Å². The maximum absolute atomic E-state index is 13.5. The SMILES string of the molecule is COC(=O)c1cc(C2=NOC3CC(F)CC23)ccc1OC. The molecule has 6 heteroatoms. The van der Waals surface area contributed by atoms with Crippen LogP contribution in [0.4, 0.5) is 4.39 Å². The second-order valence-corrected chi connectivity index (χ2v) is 5.20. The number of benzene rings is 1. The summed E-state index contributed by atoms with van der Waals surface area (Å²) < 4.78 is 23.4. The summed E-state index contributed by atoms with van der Waals surface area (Å²) in [5.74, 6) is -0.116. The number of oxime groups is 1. The predicted octanol–water partition coefficient (Wildman–Crippen LogP) is 2.33. The molecule has 0 bridgehead atoms. The van der Waals surface area contributed by atoms with Crippen LogP contribution in [0.5, 0.6) is 5.75 Å². The number of nitrogens with zero attached hydrogens (tertiary/aromatic N) is 1. The second kappa shape index (κ2) is 5.35. The molecule has 1 heterocycles. The van der Waals surface area contributed by atoms with Gasteiger partial charge in [-0.1, -0.05) is 5.16 Å². The Kier molecular flexibility index (Phi) is 3.53. The number of methoxy groups -OCH3 is 2. The van der Waals surface area contributed by atoms with Crippen molar-refractivity contribution >= 4 is 11.7 Å². The first-order valence-corrected chi connectivity index (χ1v) is 6.78. The molecule has 1 aliphatic carbocycles. The van der Waals surface area contributed by atoms with E-state index in [0.717, 1.165) is 5.56 Å². The van der Waals surface area contributed by atoms with Gasteiger partial charge in [0.05, 0.1) is 19.9 Å². The van der Waals surface area contributed by atoms with Crippen LogP contribution >= 0.6 is 0 Å². The van der Waals surface area contributed by atoms with Gasteiger partial charge in [-0.2, -0.15) is 0 Å².